The van der Waals surface area contributed by atoms with Crippen LogP contribution in [0.5, 0.6) is 0 Å². The molecule has 192 valence electrons. The zero-order chi connectivity index (χ0) is 25.8. The van der Waals surface area contributed by atoms with Gasteiger partial charge in [0.1, 0.15) is 29.7 Å². The van der Waals surface area contributed by atoms with Gasteiger partial charge in [-0.3, -0.25) is 14.4 Å². The standard InChI is InChI=1S/C25H31N5O6/c1-4-12-28(14-29-17-9-7-6-8-16(17)26-27-29)22(33)20-25-11-10-24(5-2,36-25)19(23(34)35)18(25)21(32)30(20)15(3)13-31/h4,6-9,15,18-20,31H,1,5,10-14H2,2-3H3,(H,34,35)/t15-,18+,19+,20?,24-,25?/m1/s1. The molecule has 11 nitrogen and oxygen atoms in total. The Hall–Kier alpha value is -3.31. The van der Waals surface area contributed by atoms with E-state index in [1.807, 2.05) is 31.2 Å². The predicted octanol–water partition coefficient (Wildman–Crippen LogP) is 1.02. The van der Waals surface area contributed by atoms with Crippen molar-refractivity contribution in [3.05, 3.63) is 36.9 Å². The highest BCUT2D eigenvalue weighted by atomic mass is 16.5. The fourth-order valence-electron chi connectivity index (χ4n) is 6.60. The molecule has 11 heteroatoms. The molecule has 2 bridgehead atoms. The maximum absolute atomic E-state index is 14.3. The van der Waals surface area contributed by atoms with E-state index in [4.69, 9.17) is 4.74 Å². The first-order valence-electron chi connectivity index (χ1n) is 12.3. The summed E-state index contributed by atoms with van der Waals surface area (Å²) in [5.74, 6) is -4.00. The van der Waals surface area contributed by atoms with Crippen molar-refractivity contribution in [2.45, 2.75) is 63.1 Å². The third kappa shape index (κ3) is 3.22. The van der Waals surface area contributed by atoms with Crippen molar-refractivity contribution in [1.29, 1.82) is 0 Å². The molecule has 3 aliphatic rings. The second kappa shape index (κ2) is 8.67. The largest absolute Gasteiger partial charge is 0.481 e. The molecule has 36 heavy (non-hydrogen) atoms. The monoisotopic (exact) mass is 497 g/mol. The van der Waals surface area contributed by atoms with Gasteiger partial charge in [0.2, 0.25) is 11.8 Å². The number of hydrogen-bond donors (Lipinski definition) is 2. The Balaban J connectivity index is 1.57. The van der Waals surface area contributed by atoms with Crippen molar-refractivity contribution in [3.63, 3.8) is 0 Å². The number of aliphatic hydroxyl groups excluding tert-OH is 1. The van der Waals surface area contributed by atoms with Gasteiger partial charge in [-0.25, -0.2) is 4.68 Å². The lowest BCUT2D eigenvalue weighted by molar-refractivity contribution is -0.160. The third-order valence-electron chi connectivity index (χ3n) is 8.24. The zero-order valence-corrected chi connectivity index (χ0v) is 20.4. The molecule has 2 amide bonds. The Bertz CT molecular complexity index is 1230. The van der Waals surface area contributed by atoms with E-state index in [0.29, 0.717) is 24.8 Å². The predicted molar refractivity (Wildman–Crippen MR) is 127 cm³/mol. The van der Waals surface area contributed by atoms with Gasteiger partial charge in [-0.1, -0.05) is 30.3 Å². The minimum atomic E-state index is -1.28. The van der Waals surface area contributed by atoms with Gasteiger partial charge in [-0.05, 0) is 38.3 Å². The Morgan fingerprint density at radius 3 is 2.78 bits per heavy atom. The molecule has 1 aromatic carbocycles. The SMILES string of the molecule is C=CCN(Cn1nnc2ccccc21)C(=O)C1N([C@H](C)CO)C(=O)[C@@H]2[C@@H](C(=O)O)[C@@]3(CC)CCC12O3. The highest BCUT2D eigenvalue weighted by Crippen LogP contribution is 2.64. The van der Waals surface area contributed by atoms with Gasteiger partial charge in [0, 0.05) is 6.54 Å². The number of benzene rings is 1. The van der Waals surface area contributed by atoms with Crippen LogP contribution in [0.1, 0.15) is 33.1 Å². The van der Waals surface area contributed by atoms with Crippen LogP contribution in [0.4, 0.5) is 0 Å². The van der Waals surface area contributed by atoms with E-state index in [1.54, 1.807) is 17.7 Å². The summed E-state index contributed by atoms with van der Waals surface area (Å²) in [7, 11) is 0. The molecule has 2 N–H and O–H groups in total. The molecule has 3 fully saturated rings. The molecule has 2 unspecified atom stereocenters. The Morgan fingerprint density at radius 1 is 1.36 bits per heavy atom. The molecule has 5 rings (SSSR count). The van der Waals surface area contributed by atoms with Gasteiger partial charge in [0.25, 0.3) is 0 Å². The summed E-state index contributed by atoms with van der Waals surface area (Å²) >= 11 is 0. The quantitative estimate of drug-likeness (QED) is 0.490. The van der Waals surface area contributed by atoms with E-state index in [2.05, 4.69) is 16.9 Å². The highest BCUT2D eigenvalue weighted by molar-refractivity contribution is 5.98. The van der Waals surface area contributed by atoms with Crippen molar-refractivity contribution in [1.82, 2.24) is 24.8 Å². The first-order valence-corrected chi connectivity index (χ1v) is 12.3. The van der Waals surface area contributed by atoms with E-state index >= 15 is 0 Å². The summed E-state index contributed by atoms with van der Waals surface area (Å²) in [5.41, 5.74) is -0.849. The molecule has 1 spiro atoms. The molecule has 0 radical (unpaired) electrons. The molecule has 3 saturated heterocycles. The van der Waals surface area contributed by atoms with Crippen molar-refractivity contribution >= 4 is 28.8 Å². The normalized spacial score (nSPS) is 31.6. The van der Waals surface area contributed by atoms with Gasteiger partial charge in [-0.2, -0.15) is 0 Å². The van der Waals surface area contributed by atoms with Crippen LogP contribution >= 0.6 is 0 Å². The van der Waals surface area contributed by atoms with Gasteiger partial charge < -0.3 is 24.7 Å². The Labute approximate surface area is 208 Å². The number of fused-ring (bicyclic) bond motifs is 2. The van der Waals surface area contributed by atoms with Crippen LogP contribution in [-0.4, -0.2) is 89.2 Å². The van der Waals surface area contributed by atoms with Crippen molar-refractivity contribution < 1.29 is 29.3 Å². The third-order valence-corrected chi connectivity index (χ3v) is 8.24. The fourth-order valence-corrected chi connectivity index (χ4v) is 6.60. The average molecular weight is 498 g/mol. The number of carbonyl (C=O) groups excluding carboxylic acids is 2. The first kappa shape index (κ1) is 24.4. The van der Waals surface area contributed by atoms with Crippen LogP contribution in [0.15, 0.2) is 36.9 Å². The van der Waals surface area contributed by atoms with E-state index < -0.39 is 52.9 Å². The summed E-state index contributed by atoms with van der Waals surface area (Å²) in [6.45, 7) is 7.14. The van der Waals surface area contributed by atoms with Gasteiger partial charge in [0.15, 0.2) is 0 Å². The van der Waals surface area contributed by atoms with Gasteiger partial charge >= 0.3 is 5.97 Å². The number of hydrogen-bond acceptors (Lipinski definition) is 7. The maximum Gasteiger partial charge on any atom is 0.310 e. The molecule has 3 aliphatic heterocycles. The second-order valence-electron chi connectivity index (χ2n) is 10.0. The molecule has 6 atom stereocenters. The van der Waals surface area contributed by atoms with Crippen LogP contribution in [0.2, 0.25) is 0 Å². The molecular weight excluding hydrogens is 466 g/mol. The number of nitrogens with zero attached hydrogens (tertiary/aromatic N) is 5. The molecule has 0 saturated carbocycles. The smallest absolute Gasteiger partial charge is 0.310 e. The minimum absolute atomic E-state index is 0.0550. The number of carboxylic acids is 1. The van der Waals surface area contributed by atoms with Crippen LogP contribution in [0, 0.1) is 11.8 Å². The summed E-state index contributed by atoms with van der Waals surface area (Å²) in [5, 5.41) is 28.5. The number of likely N-dealkylation sites (tertiary alicyclic amines) is 1. The molecular formula is C25H31N5O6. The van der Waals surface area contributed by atoms with E-state index in [9.17, 15) is 24.6 Å². The van der Waals surface area contributed by atoms with E-state index in [0.717, 1.165) is 5.52 Å². The first-order chi connectivity index (χ1) is 17.2. The lowest BCUT2D eigenvalue weighted by Gasteiger charge is -2.38. The lowest BCUT2D eigenvalue weighted by Crippen LogP contribution is -2.58. The summed E-state index contributed by atoms with van der Waals surface area (Å²) in [4.78, 5) is 43.3. The molecule has 2 aromatic rings. The highest BCUT2D eigenvalue weighted by Gasteiger charge is 2.79. The number of rotatable bonds is 9. The van der Waals surface area contributed by atoms with Crippen LogP contribution in [0.3, 0.4) is 0 Å². The number of carbonyl (C=O) groups is 3. The number of ether oxygens (including phenoxy) is 1. The number of para-hydroxylation sites is 1. The summed E-state index contributed by atoms with van der Waals surface area (Å²) in [6.07, 6.45) is 2.85. The zero-order valence-electron chi connectivity index (χ0n) is 20.4. The van der Waals surface area contributed by atoms with Gasteiger partial charge in [-0.15, -0.1) is 11.7 Å². The lowest BCUT2D eigenvalue weighted by atomic mass is 9.65. The van der Waals surface area contributed by atoms with Gasteiger partial charge in [0.05, 0.1) is 29.7 Å². The Kier molecular flexibility index (Phi) is 5.87. The molecule has 1 aromatic heterocycles. The number of amides is 2. The maximum atomic E-state index is 14.3. The number of aromatic nitrogens is 3. The summed E-state index contributed by atoms with van der Waals surface area (Å²) in [6, 6.07) is 5.60. The van der Waals surface area contributed by atoms with E-state index in [-0.39, 0.29) is 19.8 Å². The van der Waals surface area contributed by atoms with E-state index in [1.165, 1.54) is 9.80 Å². The topological polar surface area (TPSA) is 138 Å². The number of carboxylic acid groups (broad SMARTS) is 1. The summed E-state index contributed by atoms with van der Waals surface area (Å²) < 4.78 is 8.12. The Morgan fingerprint density at radius 2 is 2.11 bits per heavy atom. The fraction of sp³-hybridized carbons (Fsp3) is 0.560. The molecule has 0 aliphatic carbocycles. The van der Waals surface area contributed by atoms with Crippen LogP contribution < -0.4 is 0 Å². The minimum Gasteiger partial charge on any atom is -0.481 e. The van der Waals surface area contributed by atoms with Crippen molar-refractivity contribution in [2.75, 3.05) is 13.2 Å². The average Bonchev–Trinajstić information content (AvgIpc) is 3.60. The second-order valence-corrected chi connectivity index (χ2v) is 10.0. The number of aliphatic carboxylic acids is 1. The van der Waals surface area contributed by atoms with Crippen molar-refractivity contribution in [3.8, 4) is 0 Å². The van der Waals surface area contributed by atoms with Crippen LogP contribution in [0.25, 0.3) is 11.0 Å². The van der Waals surface area contributed by atoms with Crippen LogP contribution in [-0.2, 0) is 25.8 Å². The molecule has 4 heterocycles. The van der Waals surface area contributed by atoms with Crippen molar-refractivity contribution in [2.24, 2.45) is 11.8 Å². The number of aliphatic hydroxyl groups is 1.